The summed E-state index contributed by atoms with van der Waals surface area (Å²) in [5.74, 6) is 1.15. The number of nitrogens with one attached hydrogen (secondary N) is 1. The van der Waals surface area contributed by atoms with Crippen LogP contribution in [0.1, 0.15) is 26.3 Å². The molecule has 0 spiro atoms. The van der Waals surface area contributed by atoms with Gasteiger partial charge in [0.05, 0.1) is 19.1 Å². The maximum atomic E-state index is 13.7. The minimum atomic E-state index is -3.84. The first-order valence-electron chi connectivity index (χ1n) is 13.0. The number of anilines is 1. The van der Waals surface area contributed by atoms with Crippen molar-refractivity contribution in [3.05, 3.63) is 84.4 Å². The van der Waals surface area contributed by atoms with E-state index in [1.165, 1.54) is 4.90 Å². The molecule has 1 N–H and O–H groups in total. The van der Waals surface area contributed by atoms with Crippen molar-refractivity contribution in [3.63, 3.8) is 0 Å². The zero-order chi connectivity index (χ0) is 29.3. The van der Waals surface area contributed by atoms with Gasteiger partial charge in [0, 0.05) is 13.1 Å². The van der Waals surface area contributed by atoms with Crippen LogP contribution in [-0.2, 0) is 26.2 Å². The van der Waals surface area contributed by atoms with E-state index in [0.717, 1.165) is 16.1 Å². The van der Waals surface area contributed by atoms with Crippen molar-refractivity contribution in [1.82, 2.24) is 10.2 Å². The fourth-order valence-electron chi connectivity index (χ4n) is 3.92. The number of carbonyl (C=O) groups is 2. The van der Waals surface area contributed by atoms with Gasteiger partial charge in [-0.3, -0.25) is 13.9 Å². The summed E-state index contributed by atoms with van der Waals surface area (Å²) in [5.41, 5.74) is 1.04. The maximum absolute atomic E-state index is 13.7. The predicted octanol–water partition coefficient (Wildman–Crippen LogP) is 4.44. The van der Waals surface area contributed by atoms with Crippen molar-refractivity contribution in [1.29, 1.82) is 0 Å². The SMILES string of the molecule is COc1cccc(CN(C(=O)CN(c2ccc(Oc3ccccc3)cc2)S(C)(=O)=O)[C@H](C)C(=O)NCC(C)C)c1. The zero-order valence-corrected chi connectivity index (χ0v) is 24.4. The maximum Gasteiger partial charge on any atom is 0.244 e. The van der Waals surface area contributed by atoms with Crippen molar-refractivity contribution in [2.24, 2.45) is 5.92 Å². The molecule has 0 aliphatic rings. The molecule has 0 aliphatic carbocycles. The first-order valence-corrected chi connectivity index (χ1v) is 14.8. The number of hydrogen-bond acceptors (Lipinski definition) is 6. The fourth-order valence-corrected chi connectivity index (χ4v) is 4.77. The Morgan fingerprint density at radius 3 is 2.10 bits per heavy atom. The van der Waals surface area contributed by atoms with Crippen LogP contribution in [0.15, 0.2) is 78.9 Å². The molecular formula is C30H37N3O6S. The van der Waals surface area contributed by atoms with Crippen LogP contribution < -0.4 is 19.1 Å². The number of para-hydroxylation sites is 1. The van der Waals surface area contributed by atoms with Crippen LogP contribution >= 0.6 is 0 Å². The van der Waals surface area contributed by atoms with Gasteiger partial charge in [-0.05, 0) is 66.9 Å². The topological polar surface area (TPSA) is 105 Å². The number of sulfonamides is 1. The summed E-state index contributed by atoms with van der Waals surface area (Å²) in [6.07, 6.45) is 1.04. The quantitative estimate of drug-likeness (QED) is 0.327. The van der Waals surface area contributed by atoms with Crippen LogP contribution in [0.2, 0.25) is 0 Å². The van der Waals surface area contributed by atoms with Gasteiger partial charge in [-0.15, -0.1) is 0 Å². The largest absolute Gasteiger partial charge is 0.497 e. The van der Waals surface area contributed by atoms with Crippen LogP contribution in [0.5, 0.6) is 17.2 Å². The number of nitrogens with zero attached hydrogens (tertiary/aromatic N) is 2. The number of methoxy groups -OCH3 is 1. The summed E-state index contributed by atoms with van der Waals surface area (Å²) < 4.78 is 37.8. The average Bonchev–Trinajstić information content (AvgIpc) is 2.93. The Balaban J connectivity index is 1.86. The van der Waals surface area contributed by atoms with E-state index in [4.69, 9.17) is 9.47 Å². The smallest absolute Gasteiger partial charge is 0.244 e. The van der Waals surface area contributed by atoms with E-state index in [1.807, 2.05) is 50.2 Å². The molecule has 0 heterocycles. The summed E-state index contributed by atoms with van der Waals surface area (Å²) in [7, 11) is -2.30. The standard InChI is InChI=1S/C30H37N3O6S/c1-22(2)19-31-30(35)23(3)32(20-24-10-9-13-28(18-24)38-4)29(34)21-33(40(5,36)37)25-14-16-27(17-15-25)39-26-11-7-6-8-12-26/h6-18,22-23H,19-21H2,1-5H3,(H,31,35)/t23-/m1/s1. The highest BCUT2D eigenvalue weighted by atomic mass is 32.2. The Hall–Kier alpha value is -4.05. The molecule has 3 rings (SSSR count). The van der Waals surface area contributed by atoms with Crippen LogP contribution in [0.4, 0.5) is 5.69 Å². The lowest BCUT2D eigenvalue weighted by Gasteiger charge is -2.31. The van der Waals surface area contributed by atoms with Crippen LogP contribution in [0, 0.1) is 5.92 Å². The van der Waals surface area contributed by atoms with Crippen molar-refractivity contribution in [3.8, 4) is 17.2 Å². The second-order valence-corrected chi connectivity index (χ2v) is 11.8. The lowest BCUT2D eigenvalue weighted by molar-refractivity contribution is -0.139. The number of ether oxygens (including phenoxy) is 2. The third kappa shape index (κ3) is 8.74. The van der Waals surface area contributed by atoms with E-state index >= 15 is 0 Å². The average molecular weight is 568 g/mol. The second-order valence-electron chi connectivity index (χ2n) is 9.87. The summed E-state index contributed by atoms with van der Waals surface area (Å²) in [5, 5.41) is 2.86. The minimum absolute atomic E-state index is 0.0910. The molecule has 3 aromatic carbocycles. The molecule has 0 saturated carbocycles. The Morgan fingerprint density at radius 2 is 1.50 bits per heavy atom. The van der Waals surface area contributed by atoms with Gasteiger partial charge in [0.2, 0.25) is 21.8 Å². The minimum Gasteiger partial charge on any atom is -0.497 e. The van der Waals surface area contributed by atoms with E-state index in [0.29, 0.717) is 29.5 Å². The highest BCUT2D eigenvalue weighted by Crippen LogP contribution is 2.26. The first-order chi connectivity index (χ1) is 19.0. The Morgan fingerprint density at radius 1 is 0.875 bits per heavy atom. The number of hydrogen-bond donors (Lipinski definition) is 1. The molecule has 0 aliphatic heterocycles. The van der Waals surface area contributed by atoms with E-state index in [2.05, 4.69) is 5.32 Å². The van der Waals surface area contributed by atoms with Crippen molar-refractivity contribution in [2.45, 2.75) is 33.4 Å². The molecular weight excluding hydrogens is 530 g/mol. The highest BCUT2D eigenvalue weighted by Gasteiger charge is 2.30. The predicted molar refractivity (Wildman–Crippen MR) is 156 cm³/mol. The molecule has 214 valence electrons. The molecule has 0 radical (unpaired) electrons. The molecule has 9 nitrogen and oxygen atoms in total. The molecule has 0 aromatic heterocycles. The van der Waals surface area contributed by atoms with E-state index in [9.17, 15) is 18.0 Å². The fraction of sp³-hybridized carbons (Fsp3) is 0.333. The molecule has 0 saturated heterocycles. The zero-order valence-electron chi connectivity index (χ0n) is 23.5. The Bertz CT molecular complexity index is 1380. The number of benzene rings is 3. The molecule has 3 aromatic rings. The van der Waals surface area contributed by atoms with Gasteiger partial charge < -0.3 is 19.7 Å². The third-order valence-corrected chi connectivity index (χ3v) is 7.26. The normalized spacial score (nSPS) is 11.9. The van der Waals surface area contributed by atoms with Gasteiger partial charge in [-0.25, -0.2) is 8.42 Å². The molecule has 0 bridgehead atoms. The summed E-state index contributed by atoms with van der Waals surface area (Å²) in [6, 6.07) is 22.0. The molecule has 2 amide bonds. The Labute approximate surface area is 236 Å². The lowest BCUT2D eigenvalue weighted by atomic mass is 10.1. The van der Waals surface area contributed by atoms with Crippen LogP contribution in [0.3, 0.4) is 0 Å². The number of rotatable bonds is 13. The van der Waals surface area contributed by atoms with Gasteiger partial charge in [-0.2, -0.15) is 0 Å². The summed E-state index contributed by atoms with van der Waals surface area (Å²) in [6.45, 7) is 5.65. The van der Waals surface area contributed by atoms with Crippen molar-refractivity contribution >= 4 is 27.5 Å². The highest BCUT2D eigenvalue weighted by molar-refractivity contribution is 7.92. The van der Waals surface area contributed by atoms with Crippen LogP contribution in [-0.4, -0.2) is 57.6 Å². The van der Waals surface area contributed by atoms with E-state index in [-0.39, 0.29) is 18.4 Å². The second kappa shape index (κ2) is 13.8. The van der Waals surface area contributed by atoms with Gasteiger partial charge in [0.25, 0.3) is 0 Å². The molecule has 0 fully saturated rings. The molecule has 40 heavy (non-hydrogen) atoms. The van der Waals surface area contributed by atoms with E-state index in [1.54, 1.807) is 56.5 Å². The summed E-state index contributed by atoms with van der Waals surface area (Å²) in [4.78, 5) is 28.1. The van der Waals surface area contributed by atoms with Gasteiger partial charge >= 0.3 is 0 Å². The lowest BCUT2D eigenvalue weighted by Crippen LogP contribution is -2.51. The van der Waals surface area contributed by atoms with E-state index < -0.39 is 28.5 Å². The van der Waals surface area contributed by atoms with Gasteiger partial charge in [-0.1, -0.05) is 44.2 Å². The monoisotopic (exact) mass is 567 g/mol. The van der Waals surface area contributed by atoms with Crippen LogP contribution in [0.25, 0.3) is 0 Å². The third-order valence-electron chi connectivity index (χ3n) is 6.12. The van der Waals surface area contributed by atoms with Crippen molar-refractivity contribution in [2.75, 3.05) is 30.8 Å². The number of amides is 2. The molecule has 1 atom stereocenters. The van der Waals surface area contributed by atoms with Gasteiger partial charge in [0.15, 0.2) is 0 Å². The first kappa shape index (κ1) is 30.5. The Kier molecular flexibility index (Phi) is 10.6. The molecule has 10 heteroatoms. The summed E-state index contributed by atoms with van der Waals surface area (Å²) >= 11 is 0. The number of carbonyl (C=O) groups excluding carboxylic acids is 2. The van der Waals surface area contributed by atoms with Crippen molar-refractivity contribution < 1.29 is 27.5 Å². The van der Waals surface area contributed by atoms with Gasteiger partial charge in [0.1, 0.15) is 29.8 Å². The molecule has 0 unspecified atom stereocenters.